The third-order valence-corrected chi connectivity index (χ3v) is 4.63. The molecule has 0 unspecified atom stereocenters. The largest absolute Gasteiger partial charge is 0.398 e. The van der Waals surface area contributed by atoms with Gasteiger partial charge in [0.15, 0.2) is 0 Å². The Morgan fingerprint density at radius 2 is 2.00 bits per heavy atom. The summed E-state index contributed by atoms with van der Waals surface area (Å²) >= 11 is 0. The van der Waals surface area contributed by atoms with E-state index in [2.05, 4.69) is 24.3 Å². The van der Waals surface area contributed by atoms with Crippen molar-refractivity contribution >= 4 is 11.6 Å². The Labute approximate surface area is 121 Å². The van der Waals surface area contributed by atoms with Gasteiger partial charge in [-0.2, -0.15) is 0 Å². The van der Waals surface area contributed by atoms with Crippen molar-refractivity contribution in [1.29, 1.82) is 0 Å². The van der Waals surface area contributed by atoms with Gasteiger partial charge in [-0.3, -0.25) is 4.79 Å². The smallest absolute Gasteiger partial charge is 0.253 e. The highest BCUT2D eigenvalue weighted by Crippen LogP contribution is 2.33. The van der Waals surface area contributed by atoms with Gasteiger partial charge in [-0.05, 0) is 45.5 Å². The van der Waals surface area contributed by atoms with Crippen molar-refractivity contribution < 1.29 is 4.79 Å². The van der Waals surface area contributed by atoms with Gasteiger partial charge in [0.2, 0.25) is 0 Å². The average molecular weight is 275 g/mol. The van der Waals surface area contributed by atoms with Gasteiger partial charge in [0.1, 0.15) is 0 Å². The molecular weight excluding hydrogens is 250 g/mol. The molecule has 1 saturated carbocycles. The molecule has 4 nitrogen and oxygen atoms in total. The van der Waals surface area contributed by atoms with Crippen LogP contribution in [0.5, 0.6) is 0 Å². The maximum atomic E-state index is 12.3. The molecule has 0 heterocycles. The van der Waals surface area contributed by atoms with E-state index in [-0.39, 0.29) is 11.4 Å². The van der Waals surface area contributed by atoms with E-state index >= 15 is 0 Å². The third-order valence-electron chi connectivity index (χ3n) is 4.63. The lowest BCUT2D eigenvalue weighted by Gasteiger charge is -2.36. The lowest BCUT2D eigenvalue weighted by Crippen LogP contribution is -2.50. The normalized spacial score (nSPS) is 17.4. The van der Waals surface area contributed by atoms with Crippen LogP contribution in [-0.2, 0) is 0 Å². The van der Waals surface area contributed by atoms with Gasteiger partial charge in [0.25, 0.3) is 5.91 Å². The number of amides is 1. The monoisotopic (exact) mass is 275 g/mol. The van der Waals surface area contributed by atoms with Crippen LogP contribution in [0.2, 0.25) is 0 Å². The minimum atomic E-state index is -0.0701. The van der Waals surface area contributed by atoms with Crippen molar-refractivity contribution in [2.45, 2.75) is 38.1 Å². The Morgan fingerprint density at radius 1 is 1.35 bits per heavy atom. The number of nitrogen functional groups attached to an aromatic ring is 1. The fourth-order valence-corrected chi connectivity index (χ4v) is 3.03. The summed E-state index contributed by atoms with van der Waals surface area (Å²) in [7, 11) is 4.19. The van der Waals surface area contributed by atoms with Gasteiger partial charge >= 0.3 is 0 Å². The zero-order valence-corrected chi connectivity index (χ0v) is 12.7. The summed E-state index contributed by atoms with van der Waals surface area (Å²) in [6.07, 6.45) is 4.76. The summed E-state index contributed by atoms with van der Waals surface area (Å²) in [5.41, 5.74) is 8.20. The van der Waals surface area contributed by atoms with Crippen LogP contribution >= 0.6 is 0 Å². The first-order chi connectivity index (χ1) is 9.46. The van der Waals surface area contributed by atoms with Crippen LogP contribution in [-0.4, -0.2) is 37.0 Å². The predicted octanol–water partition coefficient (Wildman–Crippen LogP) is 2.18. The third kappa shape index (κ3) is 2.80. The first kappa shape index (κ1) is 14.9. The summed E-state index contributed by atoms with van der Waals surface area (Å²) < 4.78 is 0. The SMILES string of the molecule is Cc1cccc(C(=O)NCC2(N(C)C)CCCC2)c1N. The minimum Gasteiger partial charge on any atom is -0.398 e. The van der Waals surface area contributed by atoms with Crippen LogP contribution < -0.4 is 11.1 Å². The average Bonchev–Trinajstić information content (AvgIpc) is 2.89. The van der Waals surface area contributed by atoms with Gasteiger partial charge in [0.05, 0.1) is 5.56 Å². The summed E-state index contributed by atoms with van der Waals surface area (Å²) in [5, 5.41) is 3.07. The van der Waals surface area contributed by atoms with E-state index in [1.54, 1.807) is 6.07 Å². The molecule has 0 aliphatic heterocycles. The number of anilines is 1. The number of para-hydroxylation sites is 1. The van der Waals surface area contributed by atoms with Crippen molar-refractivity contribution in [2.75, 3.05) is 26.4 Å². The number of nitrogens with one attached hydrogen (secondary N) is 1. The van der Waals surface area contributed by atoms with Crippen LogP contribution in [0.15, 0.2) is 18.2 Å². The predicted molar refractivity (Wildman–Crippen MR) is 82.8 cm³/mol. The highest BCUT2D eigenvalue weighted by molar-refractivity contribution is 5.99. The number of carbonyl (C=O) groups excluding carboxylic acids is 1. The van der Waals surface area contributed by atoms with Crippen molar-refractivity contribution in [3.63, 3.8) is 0 Å². The van der Waals surface area contributed by atoms with Gasteiger partial charge in [-0.1, -0.05) is 25.0 Å². The van der Waals surface area contributed by atoms with E-state index in [0.29, 0.717) is 17.8 Å². The Kier molecular flexibility index (Phi) is 4.33. The number of rotatable bonds is 4. The van der Waals surface area contributed by atoms with Gasteiger partial charge in [0, 0.05) is 17.8 Å². The van der Waals surface area contributed by atoms with Crippen LogP contribution in [0.4, 0.5) is 5.69 Å². The van der Waals surface area contributed by atoms with Gasteiger partial charge < -0.3 is 16.0 Å². The van der Waals surface area contributed by atoms with E-state index in [4.69, 9.17) is 5.73 Å². The molecule has 0 bridgehead atoms. The minimum absolute atomic E-state index is 0.0701. The standard InChI is InChI=1S/C16H25N3O/c1-12-7-6-8-13(14(12)17)15(20)18-11-16(19(2)3)9-4-5-10-16/h6-8H,4-5,9-11,17H2,1-3H3,(H,18,20). The van der Waals surface area contributed by atoms with Crippen LogP contribution in [0, 0.1) is 6.92 Å². The molecule has 1 aromatic carbocycles. The number of carbonyl (C=O) groups is 1. The summed E-state index contributed by atoms with van der Waals surface area (Å²) in [6, 6.07) is 5.58. The Bertz CT molecular complexity index is 490. The van der Waals surface area contributed by atoms with E-state index in [1.807, 2.05) is 19.1 Å². The topological polar surface area (TPSA) is 58.4 Å². The first-order valence-electron chi connectivity index (χ1n) is 7.27. The van der Waals surface area contributed by atoms with Gasteiger partial charge in [-0.25, -0.2) is 0 Å². The quantitative estimate of drug-likeness (QED) is 0.828. The molecule has 0 aromatic heterocycles. The second kappa shape index (κ2) is 5.83. The molecule has 1 aromatic rings. The second-order valence-corrected chi connectivity index (χ2v) is 6.04. The molecule has 3 N–H and O–H groups in total. The number of nitrogens with zero attached hydrogens (tertiary/aromatic N) is 1. The second-order valence-electron chi connectivity index (χ2n) is 6.04. The fraction of sp³-hybridized carbons (Fsp3) is 0.562. The molecule has 1 fully saturated rings. The van der Waals surface area contributed by atoms with Crippen LogP contribution in [0.1, 0.15) is 41.6 Å². The maximum Gasteiger partial charge on any atom is 0.253 e. The zero-order chi connectivity index (χ0) is 14.8. The van der Waals surface area contributed by atoms with Crippen molar-refractivity contribution in [2.24, 2.45) is 0 Å². The fourth-order valence-electron chi connectivity index (χ4n) is 3.03. The van der Waals surface area contributed by atoms with Crippen LogP contribution in [0.25, 0.3) is 0 Å². The van der Waals surface area contributed by atoms with Crippen LogP contribution in [0.3, 0.4) is 0 Å². The molecular formula is C16H25N3O. The Balaban J connectivity index is 2.07. The molecule has 1 aliphatic rings. The molecule has 0 atom stereocenters. The molecule has 1 aliphatic carbocycles. The highest BCUT2D eigenvalue weighted by atomic mass is 16.1. The number of benzene rings is 1. The van der Waals surface area contributed by atoms with E-state index in [9.17, 15) is 4.79 Å². The lowest BCUT2D eigenvalue weighted by atomic mass is 9.95. The van der Waals surface area contributed by atoms with Gasteiger partial charge in [-0.15, -0.1) is 0 Å². The van der Waals surface area contributed by atoms with Crippen molar-refractivity contribution in [1.82, 2.24) is 10.2 Å². The molecule has 0 saturated heterocycles. The summed E-state index contributed by atoms with van der Waals surface area (Å²) in [5.74, 6) is -0.0701. The van der Waals surface area contributed by atoms with E-state index in [1.165, 1.54) is 12.8 Å². The summed E-state index contributed by atoms with van der Waals surface area (Å²) in [4.78, 5) is 14.6. The number of aryl methyl sites for hydroxylation is 1. The lowest BCUT2D eigenvalue weighted by molar-refractivity contribution is 0.0901. The molecule has 0 spiro atoms. The highest BCUT2D eigenvalue weighted by Gasteiger charge is 2.36. The molecule has 20 heavy (non-hydrogen) atoms. The maximum absolute atomic E-state index is 12.3. The Hall–Kier alpha value is -1.55. The first-order valence-corrected chi connectivity index (χ1v) is 7.27. The zero-order valence-electron chi connectivity index (χ0n) is 12.7. The summed E-state index contributed by atoms with van der Waals surface area (Å²) in [6.45, 7) is 2.61. The Morgan fingerprint density at radius 3 is 2.60 bits per heavy atom. The number of hydrogen-bond acceptors (Lipinski definition) is 3. The molecule has 4 heteroatoms. The number of hydrogen-bond donors (Lipinski definition) is 2. The number of likely N-dealkylation sites (N-methyl/N-ethyl adjacent to an activating group) is 1. The molecule has 1 amide bonds. The number of nitrogens with two attached hydrogens (primary N) is 1. The van der Waals surface area contributed by atoms with E-state index in [0.717, 1.165) is 18.4 Å². The molecule has 110 valence electrons. The van der Waals surface area contributed by atoms with Crippen molar-refractivity contribution in [3.05, 3.63) is 29.3 Å². The van der Waals surface area contributed by atoms with E-state index < -0.39 is 0 Å². The molecule has 2 rings (SSSR count). The van der Waals surface area contributed by atoms with Crippen molar-refractivity contribution in [3.8, 4) is 0 Å². The molecule has 0 radical (unpaired) electrons.